The molecular formula is C20H18N4O3. The second-order valence-electron chi connectivity index (χ2n) is 6.69. The van der Waals surface area contributed by atoms with Crippen LogP contribution in [0.2, 0.25) is 0 Å². The van der Waals surface area contributed by atoms with Crippen LogP contribution in [0.1, 0.15) is 23.9 Å². The number of hydrogen-bond donors (Lipinski definition) is 1. The number of amides is 3. The predicted molar refractivity (Wildman–Crippen MR) is 97.3 cm³/mol. The highest BCUT2D eigenvalue weighted by atomic mass is 16.5. The maximum atomic E-state index is 12.9. The van der Waals surface area contributed by atoms with Crippen LogP contribution in [0.5, 0.6) is 0 Å². The van der Waals surface area contributed by atoms with Gasteiger partial charge in [-0.15, -0.1) is 0 Å². The highest BCUT2D eigenvalue weighted by Gasteiger charge is 2.49. The van der Waals surface area contributed by atoms with Crippen molar-refractivity contribution in [3.63, 3.8) is 0 Å². The van der Waals surface area contributed by atoms with Crippen molar-refractivity contribution < 1.29 is 14.1 Å². The summed E-state index contributed by atoms with van der Waals surface area (Å²) in [5.74, 6) is 0.267. The molecule has 4 rings (SSSR count). The largest absolute Gasteiger partial charge is 0.337 e. The molecule has 2 aromatic carbocycles. The summed E-state index contributed by atoms with van der Waals surface area (Å²) in [6, 6.07) is 16.3. The first-order valence-electron chi connectivity index (χ1n) is 8.56. The van der Waals surface area contributed by atoms with E-state index in [4.69, 9.17) is 4.52 Å². The summed E-state index contributed by atoms with van der Waals surface area (Å²) in [5.41, 5.74) is 1.54. The third-order valence-corrected chi connectivity index (χ3v) is 4.70. The van der Waals surface area contributed by atoms with Gasteiger partial charge in [-0.2, -0.15) is 4.98 Å². The minimum absolute atomic E-state index is 0.0774. The molecule has 3 amide bonds. The van der Waals surface area contributed by atoms with Gasteiger partial charge in [-0.05, 0) is 19.4 Å². The summed E-state index contributed by atoms with van der Waals surface area (Å²) in [7, 11) is 0. The molecule has 1 aliphatic rings. The van der Waals surface area contributed by atoms with Gasteiger partial charge in [0.1, 0.15) is 12.1 Å². The summed E-state index contributed by atoms with van der Waals surface area (Å²) >= 11 is 0. The SMILES string of the molecule is Cc1ccc(-c2noc(CN3C(=O)N[C@@](C)(c4ccccc4)C3=O)n2)cc1. The first-order chi connectivity index (χ1) is 13.0. The molecule has 0 radical (unpaired) electrons. The van der Waals surface area contributed by atoms with Gasteiger partial charge in [0.25, 0.3) is 5.91 Å². The second kappa shape index (κ2) is 6.35. The van der Waals surface area contributed by atoms with E-state index < -0.39 is 11.6 Å². The van der Waals surface area contributed by atoms with Crippen LogP contribution in [-0.2, 0) is 16.9 Å². The van der Waals surface area contributed by atoms with Crippen molar-refractivity contribution in [3.8, 4) is 11.4 Å². The van der Waals surface area contributed by atoms with Crippen LogP contribution in [0, 0.1) is 6.92 Å². The fraction of sp³-hybridized carbons (Fsp3) is 0.200. The van der Waals surface area contributed by atoms with Crippen molar-refractivity contribution in [2.45, 2.75) is 25.9 Å². The van der Waals surface area contributed by atoms with Gasteiger partial charge in [0.15, 0.2) is 0 Å². The molecule has 0 unspecified atom stereocenters. The third kappa shape index (κ3) is 2.97. The minimum atomic E-state index is -1.11. The molecule has 7 nitrogen and oxygen atoms in total. The van der Waals surface area contributed by atoms with Crippen molar-refractivity contribution in [2.75, 3.05) is 0 Å². The molecule has 1 fully saturated rings. The van der Waals surface area contributed by atoms with Crippen LogP contribution in [0.25, 0.3) is 11.4 Å². The fourth-order valence-corrected chi connectivity index (χ4v) is 3.08. The number of hydrogen-bond acceptors (Lipinski definition) is 5. The molecule has 1 aromatic heterocycles. The average molecular weight is 362 g/mol. The molecule has 7 heteroatoms. The van der Waals surface area contributed by atoms with Gasteiger partial charge in [-0.3, -0.25) is 9.69 Å². The zero-order valence-corrected chi connectivity index (χ0v) is 15.0. The number of imide groups is 1. The predicted octanol–water partition coefficient (Wildman–Crippen LogP) is 3.01. The molecule has 27 heavy (non-hydrogen) atoms. The van der Waals surface area contributed by atoms with Crippen molar-refractivity contribution in [1.29, 1.82) is 0 Å². The first kappa shape index (κ1) is 17.0. The van der Waals surface area contributed by atoms with E-state index in [0.717, 1.165) is 21.6 Å². The second-order valence-corrected chi connectivity index (χ2v) is 6.69. The Morgan fingerprint density at radius 2 is 1.78 bits per heavy atom. The topological polar surface area (TPSA) is 88.3 Å². The molecule has 1 N–H and O–H groups in total. The summed E-state index contributed by atoms with van der Waals surface area (Å²) in [5, 5.41) is 6.71. The smallest absolute Gasteiger partial charge is 0.325 e. The Bertz CT molecular complexity index is 998. The molecule has 0 spiro atoms. The van der Waals surface area contributed by atoms with Gasteiger partial charge >= 0.3 is 6.03 Å². The van der Waals surface area contributed by atoms with E-state index in [1.54, 1.807) is 6.92 Å². The molecule has 0 saturated carbocycles. The molecular weight excluding hydrogens is 344 g/mol. The lowest BCUT2D eigenvalue weighted by Gasteiger charge is -2.21. The average Bonchev–Trinajstić information content (AvgIpc) is 3.23. The van der Waals surface area contributed by atoms with Crippen molar-refractivity contribution >= 4 is 11.9 Å². The highest BCUT2D eigenvalue weighted by molar-refractivity contribution is 6.07. The van der Waals surface area contributed by atoms with Gasteiger partial charge in [0.2, 0.25) is 11.7 Å². The summed E-state index contributed by atoms with van der Waals surface area (Å²) in [6.07, 6.45) is 0. The number of nitrogens with zero attached hydrogens (tertiary/aromatic N) is 3. The molecule has 1 atom stereocenters. The van der Waals surface area contributed by atoms with Crippen molar-refractivity contribution in [3.05, 3.63) is 71.6 Å². The van der Waals surface area contributed by atoms with Crippen LogP contribution in [-0.4, -0.2) is 27.0 Å². The molecule has 3 aromatic rings. The van der Waals surface area contributed by atoms with Crippen LogP contribution < -0.4 is 5.32 Å². The van der Waals surface area contributed by atoms with Gasteiger partial charge in [-0.1, -0.05) is 65.3 Å². The Morgan fingerprint density at radius 3 is 2.48 bits per heavy atom. The van der Waals surface area contributed by atoms with Crippen molar-refractivity contribution in [1.82, 2.24) is 20.4 Å². The van der Waals surface area contributed by atoms with Gasteiger partial charge in [0.05, 0.1) is 0 Å². The third-order valence-electron chi connectivity index (χ3n) is 4.70. The quantitative estimate of drug-likeness (QED) is 0.721. The fourth-order valence-electron chi connectivity index (χ4n) is 3.08. The zero-order valence-electron chi connectivity index (χ0n) is 15.0. The molecule has 0 aliphatic carbocycles. The lowest BCUT2D eigenvalue weighted by molar-refractivity contribution is -0.131. The number of benzene rings is 2. The first-order valence-corrected chi connectivity index (χ1v) is 8.56. The molecule has 1 aliphatic heterocycles. The molecule has 1 saturated heterocycles. The zero-order chi connectivity index (χ0) is 19.0. The lowest BCUT2D eigenvalue weighted by atomic mass is 9.92. The van der Waals surface area contributed by atoms with E-state index in [0.29, 0.717) is 5.82 Å². The standard InChI is InChI=1S/C20H18N4O3/c1-13-8-10-14(11-9-13)17-21-16(27-23-17)12-24-18(25)20(2,22-19(24)26)15-6-4-3-5-7-15/h3-11H,12H2,1-2H3,(H,22,26)/t20-/m0/s1. The van der Waals surface area contributed by atoms with Crippen molar-refractivity contribution in [2.24, 2.45) is 0 Å². The summed E-state index contributed by atoms with van der Waals surface area (Å²) in [4.78, 5) is 30.7. The number of aromatic nitrogens is 2. The number of nitrogens with one attached hydrogen (secondary N) is 1. The molecule has 136 valence electrons. The van der Waals surface area contributed by atoms with E-state index >= 15 is 0 Å². The van der Waals surface area contributed by atoms with Gasteiger partial charge < -0.3 is 9.84 Å². The summed E-state index contributed by atoms with van der Waals surface area (Å²) < 4.78 is 5.25. The number of urea groups is 1. The summed E-state index contributed by atoms with van der Waals surface area (Å²) in [6.45, 7) is 3.60. The number of carbonyl (C=O) groups excluding carboxylic acids is 2. The van der Waals surface area contributed by atoms with E-state index in [9.17, 15) is 9.59 Å². The molecule has 0 bridgehead atoms. The number of aryl methyl sites for hydroxylation is 1. The Kier molecular flexibility index (Phi) is 3.99. The Labute approximate surface area is 156 Å². The van der Waals surface area contributed by atoms with E-state index in [1.165, 1.54) is 0 Å². The van der Waals surface area contributed by atoms with Gasteiger partial charge in [0, 0.05) is 5.56 Å². The van der Waals surface area contributed by atoms with E-state index in [1.807, 2.05) is 61.5 Å². The number of carbonyl (C=O) groups is 2. The maximum Gasteiger partial charge on any atom is 0.325 e. The maximum absolute atomic E-state index is 12.9. The highest BCUT2D eigenvalue weighted by Crippen LogP contribution is 2.29. The lowest BCUT2D eigenvalue weighted by Crippen LogP contribution is -2.40. The Balaban J connectivity index is 1.56. The Morgan fingerprint density at radius 1 is 1.07 bits per heavy atom. The van der Waals surface area contributed by atoms with Crippen LogP contribution >= 0.6 is 0 Å². The van der Waals surface area contributed by atoms with Crippen LogP contribution in [0.15, 0.2) is 59.1 Å². The normalized spacial score (nSPS) is 19.4. The van der Waals surface area contributed by atoms with Crippen LogP contribution in [0.4, 0.5) is 4.79 Å². The Hall–Kier alpha value is -3.48. The molecule has 2 heterocycles. The minimum Gasteiger partial charge on any atom is -0.337 e. The number of rotatable bonds is 4. The van der Waals surface area contributed by atoms with E-state index in [-0.39, 0.29) is 18.3 Å². The van der Waals surface area contributed by atoms with Crippen LogP contribution in [0.3, 0.4) is 0 Å². The van der Waals surface area contributed by atoms with E-state index in [2.05, 4.69) is 15.5 Å². The van der Waals surface area contributed by atoms with Gasteiger partial charge in [-0.25, -0.2) is 4.79 Å². The monoisotopic (exact) mass is 362 g/mol.